The van der Waals surface area contributed by atoms with Crippen molar-refractivity contribution in [3.63, 3.8) is 0 Å². The van der Waals surface area contributed by atoms with Crippen molar-refractivity contribution in [3.8, 4) is 0 Å². The predicted molar refractivity (Wildman–Crippen MR) is 312 cm³/mol. The molecule has 0 aliphatic rings. The summed E-state index contributed by atoms with van der Waals surface area (Å²) >= 11 is 0. The molecule has 6 heteroatoms. The van der Waals surface area contributed by atoms with Crippen molar-refractivity contribution in [2.24, 2.45) is 0 Å². The zero-order valence-corrected chi connectivity index (χ0v) is 48.5. The molecule has 0 bridgehead atoms. The monoisotopic (exact) mass is 1010 g/mol. The van der Waals surface area contributed by atoms with Gasteiger partial charge in [0.05, 0.1) is 0 Å². The van der Waals surface area contributed by atoms with Crippen LogP contribution in [0, 0.1) is 0 Å². The first kappa shape index (κ1) is 69.6. The van der Waals surface area contributed by atoms with E-state index in [-0.39, 0.29) is 31.1 Å². The summed E-state index contributed by atoms with van der Waals surface area (Å²) in [6.45, 7) is 6.59. The largest absolute Gasteiger partial charge is 0.462 e. The number of ether oxygens (including phenoxy) is 3. The van der Waals surface area contributed by atoms with Gasteiger partial charge in [0.2, 0.25) is 0 Å². The molecule has 0 fully saturated rings. The van der Waals surface area contributed by atoms with Crippen LogP contribution in [0.25, 0.3) is 0 Å². The molecule has 0 rings (SSSR count). The lowest BCUT2D eigenvalue weighted by Crippen LogP contribution is -2.30. The Labute approximate surface area is 448 Å². The highest BCUT2D eigenvalue weighted by Crippen LogP contribution is 2.18. The molecule has 0 N–H and O–H groups in total. The quantitative estimate of drug-likeness (QED) is 0.0261. The molecule has 422 valence electrons. The Hall–Kier alpha value is -2.37. The normalized spacial score (nSPS) is 12.2. The maximum atomic E-state index is 12.8. The second-order valence-electron chi connectivity index (χ2n) is 21.7. The fourth-order valence-corrected chi connectivity index (χ4v) is 9.54. The molecule has 0 aliphatic carbocycles. The van der Waals surface area contributed by atoms with Gasteiger partial charge in [-0.1, -0.05) is 295 Å². The van der Waals surface area contributed by atoms with Gasteiger partial charge < -0.3 is 14.2 Å². The lowest BCUT2D eigenvalue weighted by Gasteiger charge is -2.18. The van der Waals surface area contributed by atoms with Crippen LogP contribution in [0.2, 0.25) is 0 Å². The van der Waals surface area contributed by atoms with Crippen molar-refractivity contribution in [1.29, 1.82) is 0 Å². The molecule has 0 saturated carbocycles. The van der Waals surface area contributed by atoms with Crippen molar-refractivity contribution >= 4 is 17.9 Å². The van der Waals surface area contributed by atoms with Crippen molar-refractivity contribution in [2.45, 2.75) is 354 Å². The maximum Gasteiger partial charge on any atom is 0.306 e. The van der Waals surface area contributed by atoms with Crippen LogP contribution in [0.4, 0.5) is 0 Å². The lowest BCUT2D eigenvalue weighted by atomic mass is 10.0. The number of unbranched alkanes of at least 4 members (excludes halogenated alkanes) is 42. The highest BCUT2D eigenvalue weighted by molar-refractivity contribution is 5.71. The maximum absolute atomic E-state index is 12.8. The van der Waals surface area contributed by atoms with Gasteiger partial charge in [0.25, 0.3) is 0 Å². The first-order valence-electron chi connectivity index (χ1n) is 32.0. The summed E-state index contributed by atoms with van der Waals surface area (Å²) in [4.78, 5) is 38.0. The smallest absolute Gasteiger partial charge is 0.306 e. The van der Waals surface area contributed by atoms with Gasteiger partial charge in [-0.2, -0.15) is 0 Å². The number of allylic oxidation sites excluding steroid dienone is 6. The van der Waals surface area contributed by atoms with Crippen LogP contribution in [0.5, 0.6) is 0 Å². The zero-order valence-electron chi connectivity index (χ0n) is 48.5. The highest BCUT2D eigenvalue weighted by Gasteiger charge is 2.19. The second-order valence-corrected chi connectivity index (χ2v) is 21.7. The average Bonchev–Trinajstić information content (AvgIpc) is 3.38. The summed E-state index contributed by atoms with van der Waals surface area (Å²) in [5, 5.41) is 0. The van der Waals surface area contributed by atoms with E-state index in [9.17, 15) is 14.4 Å². The van der Waals surface area contributed by atoms with Gasteiger partial charge in [0.15, 0.2) is 6.10 Å². The van der Waals surface area contributed by atoms with Gasteiger partial charge in [-0.3, -0.25) is 14.4 Å². The van der Waals surface area contributed by atoms with Crippen molar-refractivity contribution < 1.29 is 28.6 Å². The van der Waals surface area contributed by atoms with Crippen molar-refractivity contribution in [3.05, 3.63) is 36.5 Å². The van der Waals surface area contributed by atoms with Gasteiger partial charge >= 0.3 is 17.9 Å². The van der Waals surface area contributed by atoms with Gasteiger partial charge in [-0.25, -0.2) is 0 Å². The Balaban J connectivity index is 3.96. The van der Waals surface area contributed by atoms with Crippen LogP contribution in [0.15, 0.2) is 36.5 Å². The molecule has 0 saturated heterocycles. The molecule has 1 unspecified atom stereocenters. The summed E-state index contributed by atoms with van der Waals surface area (Å²) in [6.07, 6.45) is 74.8. The third-order valence-corrected chi connectivity index (χ3v) is 14.3. The molecule has 0 aliphatic heterocycles. The SMILES string of the molecule is CCC/C=C\CCCCCCCC(=O)OCC(COC(=O)CCCCCCCCCCCCCCCCCCCCCCC/C=C\C/C=C\CCCCCCC)OC(=O)CCCCCCCCCCCCC. The number of rotatable bonds is 59. The number of hydrogen-bond acceptors (Lipinski definition) is 6. The van der Waals surface area contributed by atoms with E-state index in [1.165, 1.54) is 231 Å². The fourth-order valence-electron chi connectivity index (χ4n) is 9.54. The molecular formula is C66H122O6. The second kappa shape index (κ2) is 61.2. The number of carbonyl (C=O) groups is 3. The topological polar surface area (TPSA) is 78.9 Å². The first-order chi connectivity index (χ1) is 35.5. The third kappa shape index (κ3) is 58.5. The molecule has 0 amide bonds. The summed E-state index contributed by atoms with van der Waals surface area (Å²) in [5.74, 6) is -0.863. The van der Waals surface area contributed by atoms with E-state index in [4.69, 9.17) is 14.2 Å². The predicted octanol–water partition coefficient (Wildman–Crippen LogP) is 21.6. The summed E-state index contributed by atoms with van der Waals surface area (Å²) in [7, 11) is 0. The van der Waals surface area contributed by atoms with Gasteiger partial charge in [-0.05, 0) is 70.6 Å². The average molecular weight is 1010 g/mol. The van der Waals surface area contributed by atoms with E-state index >= 15 is 0 Å². The van der Waals surface area contributed by atoms with Crippen molar-refractivity contribution in [1.82, 2.24) is 0 Å². The Morgan fingerprint density at radius 2 is 0.528 bits per heavy atom. The van der Waals surface area contributed by atoms with Crippen LogP contribution < -0.4 is 0 Å². The lowest BCUT2D eigenvalue weighted by molar-refractivity contribution is -0.167. The molecule has 0 radical (unpaired) electrons. The van der Waals surface area contributed by atoms with Gasteiger partial charge in [0.1, 0.15) is 13.2 Å². The van der Waals surface area contributed by atoms with E-state index in [0.29, 0.717) is 19.3 Å². The number of esters is 3. The molecule has 1 atom stereocenters. The number of hydrogen-bond donors (Lipinski definition) is 0. The molecule has 0 aromatic heterocycles. The van der Waals surface area contributed by atoms with Crippen LogP contribution in [-0.2, 0) is 28.6 Å². The Bertz CT molecular complexity index is 1210. The van der Waals surface area contributed by atoms with Gasteiger partial charge in [-0.15, -0.1) is 0 Å². The van der Waals surface area contributed by atoms with Gasteiger partial charge in [0, 0.05) is 19.3 Å². The van der Waals surface area contributed by atoms with E-state index in [0.717, 1.165) is 77.0 Å². The highest BCUT2D eigenvalue weighted by atomic mass is 16.6. The summed E-state index contributed by atoms with van der Waals surface area (Å²) in [6, 6.07) is 0. The van der Waals surface area contributed by atoms with Crippen LogP contribution >= 0.6 is 0 Å². The minimum atomic E-state index is -0.769. The minimum absolute atomic E-state index is 0.0694. The molecule has 0 spiro atoms. The first-order valence-corrected chi connectivity index (χ1v) is 32.0. The molecule has 72 heavy (non-hydrogen) atoms. The molecular weight excluding hydrogens is 889 g/mol. The molecule has 0 aromatic rings. The van der Waals surface area contributed by atoms with Crippen LogP contribution in [-0.4, -0.2) is 37.2 Å². The van der Waals surface area contributed by atoms with E-state index in [2.05, 4.69) is 57.2 Å². The van der Waals surface area contributed by atoms with Crippen LogP contribution in [0.3, 0.4) is 0 Å². The fraction of sp³-hybridized carbons (Fsp3) is 0.864. The van der Waals surface area contributed by atoms with Crippen molar-refractivity contribution in [2.75, 3.05) is 13.2 Å². The van der Waals surface area contributed by atoms with E-state index < -0.39 is 6.10 Å². The Morgan fingerprint density at radius 3 is 0.833 bits per heavy atom. The Kier molecular flexibility index (Phi) is 59.2. The molecule has 0 aromatic carbocycles. The number of carbonyl (C=O) groups excluding carboxylic acids is 3. The zero-order chi connectivity index (χ0) is 52.2. The Morgan fingerprint density at radius 1 is 0.278 bits per heavy atom. The van der Waals surface area contributed by atoms with E-state index in [1.54, 1.807) is 0 Å². The summed E-state index contributed by atoms with van der Waals surface area (Å²) < 4.78 is 16.8. The van der Waals surface area contributed by atoms with E-state index in [1.807, 2.05) is 0 Å². The van der Waals surface area contributed by atoms with Crippen LogP contribution in [0.1, 0.15) is 348 Å². The third-order valence-electron chi connectivity index (χ3n) is 14.3. The standard InChI is InChI=1S/C66H122O6/c1-4-7-10-13-16-19-22-23-24-25-26-27-28-29-30-31-32-33-34-35-36-37-38-39-40-41-42-43-45-47-50-53-56-59-65(68)71-62-63(61-70-64(67)58-55-52-49-46-21-18-15-12-9-6-3)72-66(69)60-57-54-51-48-44-20-17-14-11-8-5-2/h12,15,22-23,25-26,63H,4-11,13-14,16-21,24,27-62H2,1-3H3/b15-12-,23-22-,26-25-. The molecule has 6 nitrogen and oxygen atoms in total. The molecule has 0 heterocycles. The minimum Gasteiger partial charge on any atom is -0.462 e. The summed E-state index contributed by atoms with van der Waals surface area (Å²) in [5.41, 5.74) is 0.